The van der Waals surface area contributed by atoms with Crippen LogP contribution in [-0.4, -0.2) is 0 Å². The SMILES string of the molecule is F.F.F.[Cu+2]. The summed E-state index contributed by atoms with van der Waals surface area (Å²) in [6.07, 6.45) is 0. The molecule has 0 atom stereocenters. The van der Waals surface area contributed by atoms with E-state index in [-0.39, 0.29) is 31.2 Å². The van der Waals surface area contributed by atoms with E-state index in [9.17, 15) is 0 Å². The van der Waals surface area contributed by atoms with Gasteiger partial charge >= 0.3 is 17.1 Å². The van der Waals surface area contributed by atoms with Crippen LogP contribution in [0.3, 0.4) is 0 Å². The molecule has 0 rings (SSSR count). The van der Waals surface area contributed by atoms with Gasteiger partial charge in [-0.1, -0.05) is 0 Å². The first kappa shape index (κ1) is 493. The van der Waals surface area contributed by atoms with E-state index < -0.39 is 0 Å². The van der Waals surface area contributed by atoms with E-state index >= 15 is 0 Å². The molecule has 4 heavy (non-hydrogen) atoms. The summed E-state index contributed by atoms with van der Waals surface area (Å²) in [5.74, 6) is 0. The Morgan fingerprint density at radius 3 is 0.500 bits per heavy atom. The predicted octanol–water partition coefficient (Wildman–Crippen LogP) is 0.455. The normalized spacial score (nSPS) is 0. The molecule has 0 N–H and O–H groups in total. The summed E-state index contributed by atoms with van der Waals surface area (Å²) >= 11 is 0. The van der Waals surface area contributed by atoms with E-state index in [4.69, 9.17) is 0 Å². The van der Waals surface area contributed by atoms with Gasteiger partial charge in [-0.3, -0.25) is 14.1 Å². The third-order valence-electron chi connectivity index (χ3n) is 0. The molecule has 0 aromatic carbocycles. The van der Waals surface area contributed by atoms with Gasteiger partial charge in [0.2, 0.25) is 0 Å². The first-order valence-corrected chi connectivity index (χ1v) is 0. The molecule has 1 radical (unpaired) electrons. The van der Waals surface area contributed by atoms with Crippen molar-refractivity contribution in [1.29, 1.82) is 0 Å². The van der Waals surface area contributed by atoms with Crippen LogP contribution in [-0.2, 0) is 17.1 Å². The molecule has 0 nitrogen and oxygen atoms in total. The third kappa shape index (κ3) is 41.3. The first-order chi connectivity index (χ1) is 0. The van der Waals surface area contributed by atoms with E-state index in [1.165, 1.54) is 0 Å². The monoisotopic (exact) mass is 123 g/mol. The average molecular weight is 124 g/mol. The van der Waals surface area contributed by atoms with Crippen molar-refractivity contribution < 1.29 is 31.2 Å². The predicted molar refractivity (Wildman–Crippen MR) is 7.51 cm³/mol. The van der Waals surface area contributed by atoms with Crippen molar-refractivity contribution >= 4 is 0 Å². The summed E-state index contributed by atoms with van der Waals surface area (Å²) in [7, 11) is 0. The molecule has 0 aliphatic carbocycles. The van der Waals surface area contributed by atoms with E-state index in [0.29, 0.717) is 0 Å². The maximum atomic E-state index is 0. The maximum absolute atomic E-state index is 0. The van der Waals surface area contributed by atoms with Gasteiger partial charge in [-0.05, 0) is 0 Å². The largest absolute Gasteiger partial charge is 2.00 e. The molecule has 0 aromatic heterocycles. The molecule has 0 heterocycles. The minimum atomic E-state index is 0. The summed E-state index contributed by atoms with van der Waals surface area (Å²) in [5.41, 5.74) is 0. The topological polar surface area (TPSA) is 0 Å². The molecule has 0 spiro atoms. The average Bonchev–Trinajstić information content (AvgIpc) is 0. The molecule has 0 aromatic rings. The minimum absolute atomic E-state index is 0. The molecule has 0 aliphatic rings. The van der Waals surface area contributed by atoms with Gasteiger partial charge in [0.1, 0.15) is 0 Å². The van der Waals surface area contributed by atoms with Crippen LogP contribution in [0.1, 0.15) is 0 Å². The Morgan fingerprint density at radius 2 is 0.500 bits per heavy atom. The number of hydrogen-bond acceptors (Lipinski definition) is 0. The van der Waals surface area contributed by atoms with Crippen LogP contribution in [0.25, 0.3) is 0 Å². The van der Waals surface area contributed by atoms with Crippen molar-refractivity contribution in [1.82, 2.24) is 0 Å². The molecule has 0 fully saturated rings. The summed E-state index contributed by atoms with van der Waals surface area (Å²) < 4.78 is 0. The van der Waals surface area contributed by atoms with Crippen LogP contribution in [0.15, 0.2) is 0 Å². The van der Waals surface area contributed by atoms with Gasteiger partial charge in [-0.15, -0.1) is 0 Å². The second kappa shape index (κ2) is 184. The first-order valence-electron chi connectivity index (χ1n) is 0. The minimum Gasteiger partial charge on any atom is -0.269 e. The van der Waals surface area contributed by atoms with E-state index in [1.54, 1.807) is 0 Å². The molecular formula is H3CuF3+2. The summed E-state index contributed by atoms with van der Waals surface area (Å²) in [5, 5.41) is 0. The van der Waals surface area contributed by atoms with Gasteiger partial charge in [0.05, 0.1) is 0 Å². The molecule has 0 bridgehead atoms. The number of halogens is 3. The van der Waals surface area contributed by atoms with Crippen LogP contribution in [0.5, 0.6) is 0 Å². The van der Waals surface area contributed by atoms with Crippen molar-refractivity contribution in [2.75, 3.05) is 0 Å². The zero-order valence-corrected chi connectivity index (χ0v) is 2.47. The van der Waals surface area contributed by atoms with Gasteiger partial charge in [-0.2, -0.15) is 0 Å². The Labute approximate surface area is 32.2 Å². The number of hydrogen-bond donors (Lipinski definition) is 0. The van der Waals surface area contributed by atoms with Crippen molar-refractivity contribution in [2.24, 2.45) is 0 Å². The fraction of sp³-hybridized carbons (Fsp3) is 0. The summed E-state index contributed by atoms with van der Waals surface area (Å²) in [6, 6.07) is 0. The van der Waals surface area contributed by atoms with Gasteiger partial charge in [0.15, 0.2) is 0 Å². The zero-order valence-electron chi connectivity index (χ0n) is 1.53. The molecule has 0 amide bonds. The van der Waals surface area contributed by atoms with Crippen LogP contribution in [0.4, 0.5) is 14.1 Å². The zero-order chi connectivity index (χ0) is 0. The Morgan fingerprint density at radius 1 is 0.500 bits per heavy atom. The quantitative estimate of drug-likeness (QED) is 0.411. The second-order valence-electron chi connectivity index (χ2n) is 0. The van der Waals surface area contributed by atoms with E-state index in [2.05, 4.69) is 0 Å². The maximum Gasteiger partial charge on any atom is 2.00 e. The molecular weight excluding hydrogens is 121 g/mol. The Hall–Kier alpha value is 0.309. The summed E-state index contributed by atoms with van der Waals surface area (Å²) in [6.45, 7) is 0. The Kier molecular flexibility index (Phi) is 22700. The van der Waals surface area contributed by atoms with Crippen molar-refractivity contribution in [3.63, 3.8) is 0 Å². The fourth-order valence-electron chi connectivity index (χ4n) is 0. The fourth-order valence-corrected chi connectivity index (χ4v) is 0. The number of rotatable bonds is 0. The second-order valence-corrected chi connectivity index (χ2v) is 0. The Bertz CT molecular complexity index is 3.25. The molecule has 0 saturated heterocycles. The van der Waals surface area contributed by atoms with Gasteiger partial charge < -0.3 is 0 Å². The van der Waals surface area contributed by atoms with Crippen molar-refractivity contribution in [3.05, 3.63) is 0 Å². The van der Waals surface area contributed by atoms with Crippen LogP contribution in [0, 0.1) is 0 Å². The van der Waals surface area contributed by atoms with Gasteiger partial charge in [0.25, 0.3) is 0 Å². The van der Waals surface area contributed by atoms with Crippen molar-refractivity contribution in [3.8, 4) is 0 Å². The van der Waals surface area contributed by atoms with Crippen molar-refractivity contribution in [2.45, 2.75) is 0 Å². The molecule has 0 aliphatic heterocycles. The molecule has 0 unspecified atom stereocenters. The molecule has 0 saturated carbocycles. The van der Waals surface area contributed by atoms with Crippen LogP contribution >= 0.6 is 0 Å². The van der Waals surface area contributed by atoms with Crippen LogP contribution < -0.4 is 0 Å². The molecule has 4 heteroatoms. The van der Waals surface area contributed by atoms with E-state index in [1.807, 2.05) is 0 Å². The van der Waals surface area contributed by atoms with E-state index in [0.717, 1.165) is 0 Å². The standard InChI is InChI=1S/Cu.3FH/h;3*1H/q+2;;;. The van der Waals surface area contributed by atoms with Crippen LogP contribution in [0.2, 0.25) is 0 Å². The Balaban J connectivity index is 0. The third-order valence-corrected chi connectivity index (χ3v) is 0. The van der Waals surface area contributed by atoms with Gasteiger partial charge in [0, 0.05) is 0 Å². The smallest absolute Gasteiger partial charge is 0.269 e. The summed E-state index contributed by atoms with van der Waals surface area (Å²) in [4.78, 5) is 0. The van der Waals surface area contributed by atoms with Gasteiger partial charge in [-0.25, -0.2) is 0 Å². The molecule has 33 valence electrons.